The van der Waals surface area contributed by atoms with E-state index in [2.05, 4.69) is 11.6 Å². The number of rotatable bonds is 5. The topological polar surface area (TPSA) is 55.5 Å². The van der Waals surface area contributed by atoms with E-state index in [1.54, 1.807) is 18.4 Å². The van der Waals surface area contributed by atoms with Crippen LogP contribution in [0, 0.1) is 10.1 Å². The molecule has 0 saturated carbocycles. The molecule has 0 spiro atoms. The molecule has 0 heterocycles. The number of aliphatic imine (C=N–C) groups is 1. The lowest BCUT2D eigenvalue weighted by Crippen LogP contribution is -1.91. The molecule has 0 fully saturated rings. The fourth-order valence-electron chi connectivity index (χ4n) is 1.33. The summed E-state index contributed by atoms with van der Waals surface area (Å²) in [6.45, 7) is 5.54. The highest BCUT2D eigenvalue weighted by molar-refractivity contribution is 6.32. The quantitative estimate of drug-likeness (QED) is 0.345. The molecule has 0 atom stereocenters. The van der Waals surface area contributed by atoms with Gasteiger partial charge in [-0.1, -0.05) is 31.2 Å². The van der Waals surface area contributed by atoms with Gasteiger partial charge in [0.15, 0.2) is 0 Å². The van der Waals surface area contributed by atoms with Gasteiger partial charge in [0.1, 0.15) is 0 Å². The predicted molar refractivity (Wildman–Crippen MR) is 75.1 cm³/mol. The Labute approximate surface area is 110 Å². The Kier molecular flexibility index (Phi) is 5.27. The highest BCUT2D eigenvalue weighted by Crippen LogP contribution is 2.28. The van der Waals surface area contributed by atoms with Crippen LogP contribution in [0.1, 0.15) is 18.9 Å². The molecule has 18 heavy (non-hydrogen) atoms. The molecule has 0 bridgehead atoms. The van der Waals surface area contributed by atoms with Crippen molar-refractivity contribution in [3.8, 4) is 0 Å². The first-order chi connectivity index (χ1) is 8.60. The number of hydrogen-bond donors (Lipinski definition) is 0. The molecule has 0 aliphatic rings. The van der Waals surface area contributed by atoms with Crippen molar-refractivity contribution in [2.75, 3.05) is 0 Å². The first kappa shape index (κ1) is 14.1. The van der Waals surface area contributed by atoms with Crippen LogP contribution in [-0.4, -0.2) is 11.1 Å². The molecule has 0 aliphatic heterocycles. The Bertz CT molecular complexity index is 522. The van der Waals surface area contributed by atoms with Crippen LogP contribution in [0.4, 0.5) is 5.69 Å². The van der Waals surface area contributed by atoms with Gasteiger partial charge in [-0.3, -0.25) is 15.1 Å². The number of allylic oxidation sites excluding steroid dienone is 2. The van der Waals surface area contributed by atoms with E-state index in [-0.39, 0.29) is 5.69 Å². The molecule has 94 valence electrons. The molecule has 5 heteroatoms. The van der Waals surface area contributed by atoms with Crippen molar-refractivity contribution in [3.05, 3.63) is 57.6 Å². The summed E-state index contributed by atoms with van der Waals surface area (Å²) in [7, 11) is 0. The summed E-state index contributed by atoms with van der Waals surface area (Å²) in [6, 6.07) is 4.26. The SMILES string of the molecule is C=C/C=C(\N=CCC)c1cc([N+](=O)[O-])ccc1Cl. The summed E-state index contributed by atoms with van der Waals surface area (Å²) >= 11 is 6.04. The van der Waals surface area contributed by atoms with Gasteiger partial charge in [0, 0.05) is 23.9 Å². The molecule has 1 aromatic rings. The summed E-state index contributed by atoms with van der Waals surface area (Å²) < 4.78 is 0. The van der Waals surface area contributed by atoms with Gasteiger partial charge in [-0.05, 0) is 18.6 Å². The molecule has 0 N–H and O–H groups in total. The molecule has 0 radical (unpaired) electrons. The Morgan fingerprint density at radius 1 is 1.61 bits per heavy atom. The molecule has 0 aliphatic carbocycles. The number of nitrogens with zero attached hydrogens (tertiary/aromatic N) is 2. The van der Waals surface area contributed by atoms with E-state index < -0.39 is 4.92 Å². The summed E-state index contributed by atoms with van der Waals surface area (Å²) in [5, 5.41) is 11.2. The van der Waals surface area contributed by atoms with Crippen molar-refractivity contribution >= 4 is 29.2 Å². The third-order valence-corrected chi connectivity index (χ3v) is 2.45. The molecule has 0 unspecified atom stereocenters. The van der Waals surface area contributed by atoms with Crippen LogP contribution in [0.5, 0.6) is 0 Å². The molecule has 0 amide bonds. The monoisotopic (exact) mass is 264 g/mol. The number of benzene rings is 1. The molecular formula is C13H13ClN2O2. The number of nitro benzene ring substituents is 1. The second kappa shape index (κ2) is 6.71. The summed E-state index contributed by atoms with van der Waals surface area (Å²) in [4.78, 5) is 14.5. The van der Waals surface area contributed by atoms with Gasteiger partial charge in [-0.2, -0.15) is 0 Å². The minimum atomic E-state index is -0.463. The van der Waals surface area contributed by atoms with Crippen LogP contribution < -0.4 is 0 Å². The van der Waals surface area contributed by atoms with Crippen LogP contribution >= 0.6 is 11.6 Å². The molecular weight excluding hydrogens is 252 g/mol. The van der Waals surface area contributed by atoms with Crippen LogP contribution in [0.3, 0.4) is 0 Å². The van der Waals surface area contributed by atoms with Gasteiger partial charge in [-0.15, -0.1) is 0 Å². The fourth-order valence-corrected chi connectivity index (χ4v) is 1.54. The second-order valence-electron chi connectivity index (χ2n) is 3.43. The first-order valence-corrected chi connectivity index (χ1v) is 5.77. The van der Waals surface area contributed by atoms with E-state index in [1.807, 2.05) is 6.92 Å². The zero-order valence-electron chi connectivity index (χ0n) is 9.97. The smallest absolute Gasteiger partial charge is 0.261 e. The van der Waals surface area contributed by atoms with Crippen molar-refractivity contribution in [3.63, 3.8) is 0 Å². The molecule has 4 nitrogen and oxygen atoms in total. The minimum Gasteiger partial charge on any atom is -0.261 e. The predicted octanol–water partition coefficient (Wildman–Crippen LogP) is 4.26. The highest BCUT2D eigenvalue weighted by atomic mass is 35.5. The average Bonchev–Trinajstić information content (AvgIpc) is 2.35. The standard InChI is InChI=1S/C13H13ClN2O2/c1-3-5-13(15-8-4-2)11-9-10(16(17)18)6-7-12(11)14/h3,5-9H,1,4H2,2H3/b13-5-,15-8?. The van der Waals surface area contributed by atoms with Gasteiger partial charge in [-0.25, -0.2) is 0 Å². The first-order valence-electron chi connectivity index (χ1n) is 5.39. The normalized spacial score (nSPS) is 11.8. The van der Waals surface area contributed by atoms with E-state index >= 15 is 0 Å². The molecule has 0 aromatic heterocycles. The largest absolute Gasteiger partial charge is 0.270 e. The number of non-ortho nitro benzene ring substituents is 1. The maximum atomic E-state index is 10.7. The summed E-state index contributed by atoms with van der Waals surface area (Å²) in [5.74, 6) is 0. The van der Waals surface area contributed by atoms with E-state index in [9.17, 15) is 10.1 Å². The van der Waals surface area contributed by atoms with E-state index in [4.69, 9.17) is 11.6 Å². The minimum absolute atomic E-state index is 0.0175. The summed E-state index contributed by atoms with van der Waals surface area (Å²) in [5.41, 5.74) is 1.06. The lowest BCUT2D eigenvalue weighted by molar-refractivity contribution is -0.384. The third-order valence-electron chi connectivity index (χ3n) is 2.13. The van der Waals surface area contributed by atoms with Crippen molar-refractivity contribution in [1.82, 2.24) is 0 Å². The Balaban J connectivity index is 3.31. The van der Waals surface area contributed by atoms with Crippen molar-refractivity contribution in [2.45, 2.75) is 13.3 Å². The van der Waals surface area contributed by atoms with Crippen LogP contribution in [0.25, 0.3) is 5.70 Å². The molecule has 1 aromatic carbocycles. The lowest BCUT2D eigenvalue weighted by atomic mass is 10.1. The van der Waals surface area contributed by atoms with Gasteiger partial charge in [0.05, 0.1) is 15.6 Å². The average molecular weight is 265 g/mol. The number of halogens is 1. The summed E-state index contributed by atoms with van der Waals surface area (Å²) in [6.07, 6.45) is 5.71. The van der Waals surface area contributed by atoms with Crippen LogP contribution in [0.2, 0.25) is 5.02 Å². The van der Waals surface area contributed by atoms with E-state index in [0.29, 0.717) is 16.3 Å². The molecule has 1 rings (SSSR count). The number of hydrogen-bond acceptors (Lipinski definition) is 3. The van der Waals surface area contributed by atoms with Crippen molar-refractivity contribution < 1.29 is 4.92 Å². The maximum Gasteiger partial charge on any atom is 0.270 e. The van der Waals surface area contributed by atoms with Crippen LogP contribution in [0.15, 0.2) is 41.9 Å². The van der Waals surface area contributed by atoms with Gasteiger partial charge >= 0.3 is 0 Å². The second-order valence-corrected chi connectivity index (χ2v) is 3.84. The van der Waals surface area contributed by atoms with Crippen molar-refractivity contribution in [1.29, 1.82) is 0 Å². The van der Waals surface area contributed by atoms with Gasteiger partial charge < -0.3 is 0 Å². The Hall–Kier alpha value is -1.94. The Morgan fingerprint density at radius 2 is 2.33 bits per heavy atom. The Morgan fingerprint density at radius 3 is 2.89 bits per heavy atom. The lowest BCUT2D eigenvalue weighted by Gasteiger charge is -2.04. The van der Waals surface area contributed by atoms with E-state index in [1.165, 1.54) is 18.2 Å². The van der Waals surface area contributed by atoms with Crippen LogP contribution in [-0.2, 0) is 0 Å². The number of nitro groups is 1. The van der Waals surface area contributed by atoms with Crippen molar-refractivity contribution in [2.24, 2.45) is 4.99 Å². The van der Waals surface area contributed by atoms with Gasteiger partial charge in [0.25, 0.3) is 5.69 Å². The molecule has 0 saturated heterocycles. The zero-order chi connectivity index (χ0) is 13.5. The van der Waals surface area contributed by atoms with E-state index in [0.717, 1.165) is 6.42 Å². The fraction of sp³-hybridized carbons (Fsp3) is 0.154. The zero-order valence-corrected chi connectivity index (χ0v) is 10.7. The van der Waals surface area contributed by atoms with Gasteiger partial charge in [0.2, 0.25) is 0 Å². The maximum absolute atomic E-state index is 10.7. The third kappa shape index (κ3) is 3.53. The highest BCUT2D eigenvalue weighted by Gasteiger charge is 2.12.